The van der Waals surface area contributed by atoms with E-state index in [1.807, 2.05) is 0 Å². The number of aliphatic hydroxyl groups is 1. The van der Waals surface area contributed by atoms with Crippen LogP contribution >= 0.6 is 11.8 Å². The molecule has 106 valence electrons. The van der Waals surface area contributed by atoms with Gasteiger partial charge in [-0.2, -0.15) is 11.8 Å². The Morgan fingerprint density at radius 3 is 2.78 bits per heavy atom. The number of nitrogens with zero attached hydrogens (tertiary/aromatic N) is 1. The zero-order valence-corrected chi connectivity index (χ0v) is 13.2. The summed E-state index contributed by atoms with van der Waals surface area (Å²) in [5, 5.41) is 11.3. The quantitative estimate of drug-likeness (QED) is 0.835. The Hall–Kier alpha value is 0.270. The molecule has 1 saturated carbocycles. The van der Waals surface area contributed by atoms with Gasteiger partial charge in [-0.1, -0.05) is 27.2 Å². The maximum atomic E-state index is 10.5. The molecule has 0 aromatic heterocycles. The largest absolute Gasteiger partial charge is 0.392 e. The third-order valence-corrected chi connectivity index (χ3v) is 6.46. The molecule has 1 aliphatic carbocycles. The van der Waals surface area contributed by atoms with E-state index < -0.39 is 0 Å². The first-order valence-corrected chi connectivity index (χ1v) is 8.50. The van der Waals surface area contributed by atoms with E-state index in [1.165, 1.54) is 31.6 Å². The Bertz CT molecular complexity index is 282. The Balaban J connectivity index is 1.96. The SMILES string of the molecule is CC1SCCN(CC2CCCC(C)(C)C2O)C1C. The molecule has 0 amide bonds. The van der Waals surface area contributed by atoms with Crippen LogP contribution in [-0.2, 0) is 0 Å². The van der Waals surface area contributed by atoms with Gasteiger partial charge in [-0.3, -0.25) is 4.90 Å². The molecule has 0 spiro atoms. The van der Waals surface area contributed by atoms with Crippen LogP contribution in [0.2, 0.25) is 0 Å². The summed E-state index contributed by atoms with van der Waals surface area (Å²) in [6.45, 7) is 11.4. The van der Waals surface area contributed by atoms with Crippen molar-refractivity contribution in [2.45, 2.75) is 64.4 Å². The van der Waals surface area contributed by atoms with Gasteiger partial charge in [0.15, 0.2) is 0 Å². The predicted octanol–water partition coefficient (Wildman–Crippen LogP) is 3.00. The molecule has 1 N–H and O–H groups in total. The van der Waals surface area contributed by atoms with Gasteiger partial charge >= 0.3 is 0 Å². The van der Waals surface area contributed by atoms with Crippen molar-refractivity contribution < 1.29 is 5.11 Å². The van der Waals surface area contributed by atoms with Crippen molar-refractivity contribution in [3.63, 3.8) is 0 Å². The van der Waals surface area contributed by atoms with E-state index >= 15 is 0 Å². The molecule has 1 aliphatic heterocycles. The van der Waals surface area contributed by atoms with Crippen LogP contribution < -0.4 is 0 Å². The molecule has 1 saturated heterocycles. The normalized spacial score (nSPS) is 41.8. The summed E-state index contributed by atoms with van der Waals surface area (Å²) in [6.07, 6.45) is 3.53. The van der Waals surface area contributed by atoms with Crippen LogP contribution in [0.1, 0.15) is 47.0 Å². The van der Waals surface area contributed by atoms with E-state index in [0.717, 1.165) is 11.8 Å². The Labute approximate surface area is 117 Å². The average Bonchev–Trinajstić information content (AvgIpc) is 2.31. The average molecular weight is 271 g/mol. The van der Waals surface area contributed by atoms with Crippen molar-refractivity contribution in [3.8, 4) is 0 Å². The summed E-state index contributed by atoms with van der Waals surface area (Å²) >= 11 is 2.09. The smallest absolute Gasteiger partial charge is 0.0631 e. The summed E-state index contributed by atoms with van der Waals surface area (Å²) in [5.41, 5.74) is 0.113. The number of hydrogen-bond acceptors (Lipinski definition) is 3. The zero-order chi connectivity index (χ0) is 13.3. The fourth-order valence-corrected chi connectivity index (χ4v) is 4.67. The van der Waals surface area contributed by atoms with Crippen molar-refractivity contribution in [2.75, 3.05) is 18.8 Å². The molecular formula is C15H29NOS. The topological polar surface area (TPSA) is 23.5 Å². The summed E-state index contributed by atoms with van der Waals surface area (Å²) in [5.74, 6) is 1.73. The van der Waals surface area contributed by atoms with Crippen molar-refractivity contribution >= 4 is 11.8 Å². The molecule has 18 heavy (non-hydrogen) atoms. The maximum absolute atomic E-state index is 10.5. The van der Waals surface area contributed by atoms with Gasteiger partial charge in [-0.15, -0.1) is 0 Å². The zero-order valence-electron chi connectivity index (χ0n) is 12.4. The molecule has 0 aromatic carbocycles. The summed E-state index contributed by atoms with van der Waals surface area (Å²) in [4.78, 5) is 2.61. The molecule has 2 nitrogen and oxygen atoms in total. The van der Waals surface area contributed by atoms with Crippen molar-refractivity contribution in [3.05, 3.63) is 0 Å². The van der Waals surface area contributed by atoms with Gasteiger partial charge < -0.3 is 5.11 Å². The minimum Gasteiger partial charge on any atom is -0.392 e. The summed E-state index contributed by atoms with van der Waals surface area (Å²) < 4.78 is 0. The van der Waals surface area contributed by atoms with Crippen LogP contribution in [0.3, 0.4) is 0 Å². The maximum Gasteiger partial charge on any atom is 0.0631 e. The second-order valence-electron chi connectivity index (χ2n) is 6.90. The molecule has 2 fully saturated rings. The Morgan fingerprint density at radius 2 is 2.06 bits per heavy atom. The lowest BCUT2D eigenvalue weighted by atomic mass is 9.69. The lowest BCUT2D eigenvalue weighted by molar-refractivity contribution is -0.0459. The number of aliphatic hydroxyl groups excluding tert-OH is 1. The molecular weight excluding hydrogens is 242 g/mol. The molecule has 2 rings (SSSR count). The highest BCUT2D eigenvalue weighted by Crippen LogP contribution is 2.40. The highest BCUT2D eigenvalue weighted by molar-refractivity contribution is 8.00. The monoisotopic (exact) mass is 271 g/mol. The van der Waals surface area contributed by atoms with Crippen LogP contribution in [0.25, 0.3) is 0 Å². The Kier molecular flexibility index (Phi) is 4.66. The van der Waals surface area contributed by atoms with Crippen molar-refractivity contribution in [1.82, 2.24) is 4.90 Å². The van der Waals surface area contributed by atoms with Gasteiger partial charge in [0.25, 0.3) is 0 Å². The van der Waals surface area contributed by atoms with Gasteiger partial charge in [0.05, 0.1) is 6.10 Å². The second-order valence-corrected chi connectivity index (χ2v) is 8.38. The molecule has 2 aliphatic rings. The number of hydrogen-bond donors (Lipinski definition) is 1. The van der Waals surface area contributed by atoms with Crippen molar-refractivity contribution in [1.29, 1.82) is 0 Å². The first-order valence-electron chi connectivity index (χ1n) is 7.45. The van der Waals surface area contributed by atoms with Gasteiger partial charge in [-0.25, -0.2) is 0 Å². The first kappa shape index (κ1) is 14.7. The molecule has 4 unspecified atom stereocenters. The minimum absolute atomic E-state index is 0.113. The van der Waals surface area contributed by atoms with Crippen LogP contribution in [0.5, 0.6) is 0 Å². The molecule has 4 atom stereocenters. The van der Waals surface area contributed by atoms with Crippen LogP contribution in [0.15, 0.2) is 0 Å². The molecule has 0 aromatic rings. The second kappa shape index (κ2) is 5.72. The number of thioether (sulfide) groups is 1. The highest BCUT2D eigenvalue weighted by Gasteiger charge is 2.39. The third-order valence-electron chi connectivity index (χ3n) is 5.13. The van der Waals surface area contributed by atoms with Gasteiger partial charge in [0.2, 0.25) is 0 Å². The van der Waals surface area contributed by atoms with E-state index in [-0.39, 0.29) is 11.5 Å². The molecule has 1 heterocycles. The van der Waals surface area contributed by atoms with Crippen LogP contribution in [0, 0.1) is 11.3 Å². The van der Waals surface area contributed by atoms with E-state index in [2.05, 4.69) is 44.4 Å². The van der Waals surface area contributed by atoms with E-state index in [1.54, 1.807) is 0 Å². The van der Waals surface area contributed by atoms with Gasteiger partial charge in [0, 0.05) is 30.1 Å². The van der Waals surface area contributed by atoms with E-state index in [9.17, 15) is 5.11 Å². The lowest BCUT2D eigenvalue weighted by Crippen LogP contribution is -2.51. The fourth-order valence-electron chi connectivity index (χ4n) is 3.51. The standard InChI is InChI=1S/C15H29NOS/c1-11-12(2)18-9-8-16(11)10-13-6-5-7-15(3,4)14(13)17/h11-14,17H,5-10H2,1-4H3. The lowest BCUT2D eigenvalue weighted by Gasteiger charge is -2.45. The van der Waals surface area contributed by atoms with E-state index in [0.29, 0.717) is 12.0 Å². The molecule has 3 heteroatoms. The molecule has 0 bridgehead atoms. The highest BCUT2D eigenvalue weighted by atomic mass is 32.2. The van der Waals surface area contributed by atoms with E-state index in [4.69, 9.17) is 0 Å². The minimum atomic E-state index is -0.122. The van der Waals surface area contributed by atoms with Crippen molar-refractivity contribution in [2.24, 2.45) is 11.3 Å². The summed E-state index contributed by atoms with van der Waals surface area (Å²) in [6, 6.07) is 0.654. The third kappa shape index (κ3) is 3.05. The summed E-state index contributed by atoms with van der Waals surface area (Å²) in [7, 11) is 0. The van der Waals surface area contributed by atoms with Crippen LogP contribution in [-0.4, -0.2) is 46.2 Å². The van der Waals surface area contributed by atoms with Crippen LogP contribution in [0.4, 0.5) is 0 Å². The van der Waals surface area contributed by atoms with Gasteiger partial charge in [0.1, 0.15) is 0 Å². The Morgan fingerprint density at radius 1 is 1.33 bits per heavy atom. The first-order chi connectivity index (χ1) is 8.42. The van der Waals surface area contributed by atoms with Gasteiger partial charge in [-0.05, 0) is 31.1 Å². The molecule has 0 radical (unpaired) electrons. The predicted molar refractivity (Wildman–Crippen MR) is 80.1 cm³/mol. The fraction of sp³-hybridized carbons (Fsp3) is 1.00. The number of rotatable bonds is 2.